The maximum absolute atomic E-state index is 12.5. The molecule has 23 heavy (non-hydrogen) atoms. The van der Waals surface area contributed by atoms with Gasteiger partial charge in [-0.15, -0.1) is 0 Å². The lowest BCUT2D eigenvalue weighted by molar-refractivity contribution is -0.124. The summed E-state index contributed by atoms with van der Waals surface area (Å²) in [6.07, 6.45) is 2.36. The number of allylic oxidation sites excluding steroid dienone is 2. The fourth-order valence-electron chi connectivity index (χ4n) is 3.76. The lowest BCUT2D eigenvalue weighted by atomic mass is 10.1. The summed E-state index contributed by atoms with van der Waals surface area (Å²) in [5, 5.41) is 3.13. The molecule has 1 saturated heterocycles. The third-order valence-electron chi connectivity index (χ3n) is 5.06. The van der Waals surface area contributed by atoms with Crippen molar-refractivity contribution in [2.75, 3.05) is 32.8 Å². The van der Waals surface area contributed by atoms with E-state index in [0.29, 0.717) is 18.4 Å². The summed E-state index contributed by atoms with van der Waals surface area (Å²) in [5.74, 6) is 1.33. The van der Waals surface area contributed by atoms with Crippen LogP contribution in [0.1, 0.15) is 41.5 Å². The molecule has 1 N–H and O–H groups in total. The Morgan fingerprint density at radius 1 is 1.39 bits per heavy atom. The zero-order valence-electron chi connectivity index (χ0n) is 15.7. The number of amides is 1. The second-order valence-electron chi connectivity index (χ2n) is 8.46. The Hall–Kier alpha value is -0.870. The van der Waals surface area contributed by atoms with Crippen LogP contribution >= 0.6 is 0 Å². The van der Waals surface area contributed by atoms with E-state index >= 15 is 0 Å². The quantitative estimate of drug-likeness (QED) is 0.765. The molecule has 1 amide bonds. The number of morpholine rings is 1. The number of nitrogens with one attached hydrogen (secondary N) is 1. The van der Waals surface area contributed by atoms with Crippen LogP contribution in [0.3, 0.4) is 0 Å². The molecule has 0 radical (unpaired) electrons. The molecule has 4 nitrogen and oxygen atoms in total. The highest BCUT2D eigenvalue weighted by Crippen LogP contribution is 2.59. The van der Waals surface area contributed by atoms with E-state index in [4.69, 9.17) is 4.74 Å². The first kappa shape index (κ1) is 18.5. The Morgan fingerprint density at radius 3 is 2.70 bits per heavy atom. The Bertz CT molecular complexity index is 452. The molecule has 1 aliphatic carbocycles. The maximum Gasteiger partial charge on any atom is 0.224 e. The maximum atomic E-state index is 12.5. The lowest BCUT2D eigenvalue weighted by Gasteiger charge is -2.34. The second kappa shape index (κ2) is 7.35. The van der Waals surface area contributed by atoms with Gasteiger partial charge in [0.05, 0.1) is 18.6 Å². The molecule has 0 aromatic carbocycles. The van der Waals surface area contributed by atoms with Gasteiger partial charge in [0.25, 0.3) is 0 Å². The van der Waals surface area contributed by atoms with E-state index in [0.717, 1.165) is 26.2 Å². The smallest absolute Gasteiger partial charge is 0.224 e. The number of carbonyl (C=O) groups excluding carboxylic acids is 1. The van der Waals surface area contributed by atoms with Crippen molar-refractivity contribution in [3.63, 3.8) is 0 Å². The van der Waals surface area contributed by atoms with Crippen molar-refractivity contribution in [2.45, 2.75) is 47.6 Å². The molecule has 0 spiro atoms. The minimum absolute atomic E-state index is 0.0818. The summed E-state index contributed by atoms with van der Waals surface area (Å²) >= 11 is 0. The number of carbonyl (C=O) groups is 1. The average molecular weight is 322 g/mol. The normalized spacial score (nSPS) is 30.1. The van der Waals surface area contributed by atoms with Crippen molar-refractivity contribution >= 4 is 5.91 Å². The van der Waals surface area contributed by atoms with Gasteiger partial charge in [0, 0.05) is 26.2 Å². The van der Waals surface area contributed by atoms with Crippen molar-refractivity contribution in [3.8, 4) is 0 Å². The van der Waals surface area contributed by atoms with Gasteiger partial charge in [-0.3, -0.25) is 9.69 Å². The highest BCUT2D eigenvalue weighted by Gasteiger charge is 2.60. The summed E-state index contributed by atoms with van der Waals surface area (Å²) < 4.78 is 5.82. The molecule has 1 saturated carbocycles. The molecular formula is C19H34N2O2. The monoisotopic (exact) mass is 322 g/mol. The second-order valence-corrected chi connectivity index (χ2v) is 8.46. The Balaban J connectivity index is 1.80. The molecule has 3 atom stereocenters. The molecule has 2 aliphatic rings. The average Bonchev–Trinajstić information content (AvgIpc) is 2.96. The third kappa shape index (κ3) is 4.80. The molecular weight excluding hydrogens is 288 g/mol. The van der Waals surface area contributed by atoms with E-state index in [-0.39, 0.29) is 23.3 Å². The molecule has 2 rings (SSSR count). The van der Waals surface area contributed by atoms with Crippen molar-refractivity contribution < 1.29 is 9.53 Å². The van der Waals surface area contributed by atoms with Gasteiger partial charge < -0.3 is 10.1 Å². The Labute approximate surface area is 141 Å². The topological polar surface area (TPSA) is 41.6 Å². The van der Waals surface area contributed by atoms with Crippen molar-refractivity contribution in [1.29, 1.82) is 0 Å². The third-order valence-corrected chi connectivity index (χ3v) is 5.06. The van der Waals surface area contributed by atoms with Gasteiger partial charge in [0.2, 0.25) is 5.91 Å². The van der Waals surface area contributed by atoms with E-state index in [1.54, 1.807) is 0 Å². The van der Waals surface area contributed by atoms with Crippen molar-refractivity contribution in [2.24, 2.45) is 23.2 Å². The summed E-state index contributed by atoms with van der Waals surface area (Å²) in [4.78, 5) is 14.9. The van der Waals surface area contributed by atoms with Crippen LogP contribution in [0.4, 0.5) is 0 Å². The van der Waals surface area contributed by atoms with E-state index in [9.17, 15) is 4.79 Å². The van der Waals surface area contributed by atoms with E-state index in [2.05, 4.69) is 57.8 Å². The standard InChI is InChI=1S/C19H34N2O2/c1-13(2)9-16-17(19(16,5)6)18(22)20-10-15-12-21(7-8-23-15)11-14(3)4/h9,14-17H,7-8,10-12H2,1-6H3,(H,20,22)/t15-,16-,17-/m1/s1. The van der Waals surface area contributed by atoms with Crippen LogP contribution in [0, 0.1) is 23.2 Å². The summed E-state index contributed by atoms with van der Waals surface area (Å²) in [7, 11) is 0. The van der Waals surface area contributed by atoms with Gasteiger partial charge >= 0.3 is 0 Å². The fraction of sp³-hybridized carbons (Fsp3) is 0.842. The fourth-order valence-corrected chi connectivity index (χ4v) is 3.76. The summed E-state index contributed by atoms with van der Waals surface area (Å²) in [6.45, 7) is 17.5. The summed E-state index contributed by atoms with van der Waals surface area (Å²) in [5.41, 5.74) is 1.37. The lowest BCUT2D eigenvalue weighted by Crippen LogP contribution is -2.48. The predicted octanol–water partition coefficient (Wildman–Crippen LogP) is 2.70. The van der Waals surface area contributed by atoms with Crippen LogP contribution in [0.25, 0.3) is 0 Å². The number of nitrogens with zero attached hydrogens (tertiary/aromatic N) is 1. The molecule has 0 aromatic heterocycles. The minimum Gasteiger partial charge on any atom is -0.374 e. The van der Waals surface area contributed by atoms with Crippen molar-refractivity contribution in [3.05, 3.63) is 11.6 Å². The molecule has 0 bridgehead atoms. The zero-order valence-corrected chi connectivity index (χ0v) is 15.7. The van der Waals surface area contributed by atoms with Crippen LogP contribution in [-0.2, 0) is 9.53 Å². The predicted molar refractivity (Wildman–Crippen MR) is 94.2 cm³/mol. The number of hydrogen-bond donors (Lipinski definition) is 1. The van der Waals surface area contributed by atoms with Crippen LogP contribution in [-0.4, -0.2) is 49.7 Å². The van der Waals surface area contributed by atoms with Crippen molar-refractivity contribution in [1.82, 2.24) is 10.2 Å². The Kier molecular flexibility index (Phi) is 5.90. The minimum atomic E-state index is 0.0818. The van der Waals surface area contributed by atoms with Crippen LogP contribution in [0.2, 0.25) is 0 Å². The van der Waals surface area contributed by atoms with Crippen LogP contribution in [0.5, 0.6) is 0 Å². The van der Waals surface area contributed by atoms with Crippen LogP contribution in [0.15, 0.2) is 11.6 Å². The van der Waals surface area contributed by atoms with Gasteiger partial charge in [-0.2, -0.15) is 0 Å². The van der Waals surface area contributed by atoms with Gasteiger partial charge in [-0.25, -0.2) is 0 Å². The Morgan fingerprint density at radius 2 is 2.09 bits per heavy atom. The highest BCUT2D eigenvalue weighted by molar-refractivity contribution is 5.83. The SMILES string of the molecule is CC(C)=C[C@@H]1[C@H](C(=O)NC[C@@H]2CN(CC(C)C)CCO2)C1(C)C. The first-order valence-electron chi connectivity index (χ1n) is 8.98. The summed E-state index contributed by atoms with van der Waals surface area (Å²) in [6, 6.07) is 0. The first-order valence-corrected chi connectivity index (χ1v) is 8.98. The largest absolute Gasteiger partial charge is 0.374 e. The molecule has 2 fully saturated rings. The molecule has 4 heteroatoms. The van der Waals surface area contributed by atoms with E-state index in [1.807, 2.05) is 0 Å². The van der Waals surface area contributed by atoms with E-state index in [1.165, 1.54) is 5.57 Å². The molecule has 1 aliphatic heterocycles. The van der Waals surface area contributed by atoms with Crippen LogP contribution < -0.4 is 5.32 Å². The van der Waals surface area contributed by atoms with Gasteiger partial charge in [0.1, 0.15) is 0 Å². The van der Waals surface area contributed by atoms with Gasteiger partial charge in [-0.1, -0.05) is 39.3 Å². The number of rotatable bonds is 6. The molecule has 1 heterocycles. The molecule has 0 unspecified atom stereocenters. The highest BCUT2D eigenvalue weighted by atomic mass is 16.5. The number of hydrogen-bond acceptors (Lipinski definition) is 3. The van der Waals surface area contributed by atoms with E-state index < -0.39 is 0 Å². The number of ether oxygens (including phenoxy) is 1. The molecule has 0 aromatic rings. The zero-order chi connectivity index (χ0) is 17.2. The first-order chi connectivity index (χ1) is 10.7. The van der Waals surface area contributed by atoms with Gasteiger partial charge in [-0.05, 0) is 31.1 Å². The van der Waals surface area contributed by atoms with Gasteiger partial charge in [0.15, 0.2) is 0 Å². The molecule has 132 valence electrons.